The van der Waals surface area contributed by atoms with E-state index in [1.54, 1.807) is 97.1 Å². The minimum Gasteiger partial charge on any atom is -0.412 e. The van der Waals surface area contributed by atoms with Gasteiger partial charge in [0.1, 0.15) is 0 Å². The molecule has 0 heterocycles. The smallest absolute Gasteiger partial charge is 0.199 e. The summed E-state index contributed by atoms with van der Waals surface area (Å²) in [5.74, 6) is 0.225. The van der Waals surface area contributed by atoms with Crippen molar-refractivity contribution in [1.29, 1.82) is 43.3 Å². The summed E-state index contributed by atoms with van der Waals surface area (Å²) in [7, 11) is 0. The van der Waals surface area contributed by atoms with E-state index >= 15 is 0 Å². The second kappa shape index (κ2) is 35.1. The van der Waals surface area contributed by atoms with Gasteiger partial charge in [-0.15, -0.1) is 0 Å². The summed E-state index contributed by atoms with van der Waals surface area (Å²) in [4.78, 5) is 0. The molecule has 0 radical (unpaired) electrons. The van der Waals surface area contributed by atoms with Crippen LogP contribution in [0.15, 0.2) is 97.1 Å². The summed E-state index contributed by atoms with van der Waals surface area (Å²) >= 11 is 23.3. The average Bonchev–Trinajstić information content (AvgIpc) is 3.28. The Kier molecular flexibility index (Phi) is 30.6. The molecule has 0 aliphatic rings. The Bertz CT molecular complexity index is 1930. The monoisotopic (exact) mass is 1040 g/mol. The number of guanidine groups is 8. The SMILES string of the molecule is N=C(NCCCCCCNC(=N)NC(=N)Nc1ccc(Cl)cc1)NC(=N)Nc1ccc(Cl)cc1.N=C(NCCCCCCNC(=N)NC(=N)Nc1ccc(Cl)cc1)NC(=N)Nc1ccc(Cl)cc1.O.O. The maximum Gasteiger partial charge on any atom is 0.199 e. The van der Waals surface area contributed by atoms with Crippen LogP contribution in [-0.4, -0.2) is 84.8 Å². The van der Waals surface area contributed by atoms with Gasteiger partial charge in [-0.2, -0.15) is 0 Å². The number of anilines is 4. The first-order valence-corrected chi connectivity index (χ1v) is 23.0. The van der Waals surface area contributed by atoms with Gasteiger partial charge in [0.2, 0.25) is 0 Å². The van der Waals surface area contributed by atoms with E-state index in [2.05, 4.69) is 63.8 Å². The van der Waals surface area contributed by atoms with Gasteiger partial charge >= 0.3 is 0 Å². The van der Waals surface area contributed by atoms with Crippen LogP contribution in [0, 0.1) is 43.3 Å². The van der Waals surface area contributed by atoms with Gasteiger partial charge in [-0.25, -0.2) is 0 Å². The van der Waals surface area contributed by atoms with E-state index in [9.17, 15) is 0 Å². The fraction of sp³-hybridized carbons (Fsp3) is 0.273. The molecule has 0 atom stereocenters. The Labute approximate surface area is 427 Å². The molecular formula is C44H64Cl4N20O2. The number of benzene rings is 4. The maximum absolute atomic E-state index is 7.86. The van der Waals surface area contributed by atoms with Crippen LogP contribution in [0.25, 0.3) is 0 Å². The van der Waals surface area contributed by atoms with Gasteiger partial charge in [-0.3, -0.25) is 64.5 Å². The maximum atomic E-state index is 7.86. The highest BCUT2D eigenvalue weighted by Gasteiger charge is 2.06. The average molecular weight is 1050 g/mol. The van der Waals surface area contributed by atoms with E-state index in [0.717, 1.165) is 51.4 Å². The molecule has 4 aromatic rings. The van der Waals surface area contributed by atoms with Crippen LogP contribution < -0.4 is 63.8 Å². The summed E-state index contributed by atoms with van der Waals surface area (Å²) in [6.45, 7) is 2.49. The Hall–Kier alpha value is -7.08. The number of hydrogen-bond acceptors (Lipinski definition) is 8. The molecule has 0 aliphatic heterocycles. The summed E-state index contributed by atoms with van der Waals surface area (Å²) in [6, 6.07) is 27.8. The lowest BCUT2D eigenvalue weighted by Gasteiger charge is -2.13. The van der Waals surface area contributed by atoms with Gasteiger partial charge in [-0.05, 0) is 123 Å². The summed E-state index contributed by atoms with van der Waals surface area (Å²) in [5, 5.41) is 99.0. The third-order valence-corrected chi connectivity index (χ3v) is 9.88. The number of nitrogens with one attached hydrogen (secondary N) is 20. The number of unbranched alkanes of at least 4 members (excludes halogenated alkanes) is 6. The lowest BCUT2D eigenvalue weighted by Crippen LogP contribution is -2.43. The molecule has 26 heteroatoms. The fourth-order valence-electron chi connectivity index (χ4n) is 5.57. The van der Waals surface area contributed by atoms with Crippen LogP contribution in [0.4, 0.5) is 22.7 Å². The molecule has 4 aromatic carbocycles. The lowest BCUT2D eigenvalue weighted by molar-refractivity contribution is 0.619. The first-order chi connectivity index (χ1) is 32.6. The van der Waals surface area contributed by atoms with Crippen molar-refractivity contribution in [2.75, 3.05) is 47.4 Å². The minimum absolute atomic E-state index is 0. The molecule has 0 amide bonds. The Morgan fingerprint density at radius 3 is 0.614 bits per heavy atom. The summed E-state index contributed by atoms with van der Waals surface area (Å²) < 4.78 is 0. The molecule has 0 fully saturated rings. The van der Waals surface area contributed by atoms with Crippen molar-refractivity contribution in [3.8, 4) is 0 Å². The second-order valence-electron chi connectivity index (χ2n) is 14.6. The molecular weight excluding hydrogens is 982 g/mol. The summed E-state index contributed by atoms with van der Waals surface area (Å²) in [5.41, 5.74) is 2.84. The first kappa shape index (κ1) is 60.9. The van der Waals surface area contributed by atoms with Crippen LogP contribution >= 0.6 is 46.4 Å². The van der Waals surface area contributed by atoms with Crippen molar-refractivity contribution >= 4 is 117 Å². The van der Waals surface area contributed by atoms with Crippen molar-refractivity contribution in [2.45, 2.75) is 51.4 Å². The molecule has 0 bridgehead atoms. The van der Waals surface area contributed by atoms with Crippen LogP contribution in [0.5, 0.6) is 0 Å². The summed E-state index contributed by atoms with van der Waals surface area (Å²) in [6.07, 6.45) is 7.41. The molecule has 380 valence electrons. The molecule has 0 spiro atoms. The standard InChI is InChI=1S/2C22H30Cl2N10.2H2O/c2*23-15-5-9-17(10-6-15)31-21(27)33-19(25)29-13-3-1-2-4-14-30-20(26)34-22(28)32-18-11-7-16(24)8-12-18;;/h2*5-12H,1-4,13-14H2,(H5,25,27,29,31,33)(H5,26,28,30,32,34);2*1H2. The van der Waals surface area contributed by atoms with Crippen molar-refractivity contribution in [3.63, 3.8) is 0 Å². The molecule has 0 aromatic heterocycles. The number of hydrogen-bond donors (Lipinski definition) is 20. The second-order valence-corrected chi connectivity index (χ2v) is 16.3. The molecule has 4 rings (SSSR count). The highest BCUT2D eigenvalue weighted by molar-refractivity contribution is 6.31. The van der Waals surface area contributed by atoms with Crippen LogP contribution in [0.3, 0.4) is 0 Å². The third-order valence-electron chi connectivity index (χ3n) is 8.87. The molecule has 0 aliphatic carbocycles. The van der Waals surface area contributed by atoms with Gasteiger partial charge in [0, 0.05) is 69.0 Å². The number of rotatable bonds is 18. The zero-order valence-electron chi connectivity index (χ0n) is 38.2. The predicted octanol–water partition coefficient (Wildman–Crippen LogP) is 6.70. The molecule has 0 saturated carbocycles. The van der Waals surface area contributed by atoms with Gasteiger partial charge < -0.3 is 53.5 Å². The van der Waals surface area contributed by atoms with Crippen molar-refractivity contribution in [1.82, 2.24) is 42.5 Å². The van der Waals surface area contributed by atoms with Crippen LogP contribution in [-0.2, 0) is 0 Å². The minimum atomic E-state index is -0.00148. The molecule has 70 heavy (non-hydrogen) atoms. The highest BCUT2D eigenvalue weighted by atomic mass is 35.5. The van der Waals surface area contributed by atoms with Crippen molar-refractivity contribution in [2.24, 2.45) is 0 Å². The van der Waals surface area contributed by atoms with E-state index < -0.39 is 0 Å². The van der Waals surface area contributed by atoms with E-state index in [1.807, 2.05) is 0 Å². The van der Waals surface area contributed by atoms with Gasteiger partial charge in [-0.1, -0.05) is 72.1 Å². The molecule has 24 N–H and O–H groups in total. The fourth-order valence-corrected chi connectivity index (χ4v) is 6.08. The predicted molar refractivity (Wildman–Crippen MR) is 291 cm³/mol. The Morgan fingerprint density at radius 2 is 0.443 bits per heavy atom. The van der Waals surface area contributed by atoms with Crippen molar-refractivity contribution in [3.05, 3.63) is 117 Å². The van der Waals surface area contributed by atoms with Crippen LogP contribution in [0.2, 0.25) is 20.1 Å². The normalized spacial score (nSPS) is 9.77. The Morgan fingerprint density at radius 1 is 0.271 bits per heavy atom. The zero-order chi connectivity index (χ0) is 49.5. The van der Waals surface area contributed by atoms with E-state index in [4.69, 9.17) is 89.7 Å². The largest absolute Gasteiger partial charge is 0.412 e. The first-order valence-electron chi connectivity index (χ1n) is 21.5. The van der Waals surface area contributed by atoms with Gasteiger partial charge in [0.15, 0.2) is 47.7 Å². The highest BCUT2D eigenvalue weighted by Crippen LogP contribution is 2.16. The van der Waals surface area contributed by atoms with Crippen LogP contribution in [0.1, 0.15) is 51.4 Å². The molecule has 22 nitrogen and oxygen atoms in total. The zero-order valence-corrected chi connectivity index (χ0v) is 41.3. The Balaban J connectivity index is 0.000000681. The van der Waals surface area contributed by atoms with E-state index in [-0.39, 0.29) is 58.6 Å². The van der Waals surface area contributed by atoms with E-state index in [0.29, 0.717) is 69.0 Å². The molecule has 0 saturated heterocycles. The van der Waals surface area contributed by atoms with Gasteiger partial charge in [0.05, 0.1) is 0 Å². The lowest BCUT2D eigenvalue weighted by atomic mass is 10.2. The topological polar surface area (TPSA) is 398 Å². The van der Waals surface area contributed by atoms with Crippen molar-refractivity contribution < 1.29 is 11.0 Å². The number of halogens is 4. The quantitative estimate of drug-likeness (QED) is 0.0281. The van der Waals surface area contributed by atoms with E-state index in [1.165, 1.54) is 0 Å². The third kappa shape index (κ3) is 29.0. The molecule has 0 unspecified atom stereocenters. The van der Waals surface area contributed by atoms with Gasteiger partial charge in [0.25, 0.3) is 0 Å².